The van der Waals surface area contributed by atoms with Gasteiger partial charge in [-0.25, -0.2) is 4.98 Å². The molecule has 2 heterocycles. The second kappa shape index (κ2) is 9.51. The maximum absolute atomic E-state index is 9.85. The Kier molecular flexibility index (Phi) is 6.36. The summed E-state index contributed by atoms with van der Waals surface area (Å²) < 4.78 is 6.07. The summed E-state index contributed by atoms with van der Waals surface area (Å²) in [5.74, 6) is 2.07. The van der Waals surface area contributed by atoms with Crippen molar-refractivity contribution in [1.82, 2.24) is 9.88 Å². The first-order chi connectivity index (χ1) is 15.2. The Morgan fingerprint density at radius 3 is 2.29 bits per heavy atom. The van der Waals surface area contributed by atoms with Crippen LogP contribution in [0.1, 0.15) is 30.9 Å². The third kappa shape index (κ3) is 4.79. The van der Waals surface area contributed by atoms with Crippen molar-refractivity contribution in [2.24, 2.45) is 5.16 Å². The molecule has 1 aliphatic heterocycles. The SMILES string of the molecule is CC(C)c1ccc(Oc2ncccc2/C(=N/O)N2CCN(c3ccccc3)CC2)cc1. The Morgan fingerprint density at radius 1 is 0.935 bits per heavy atom. The van der Waals surface area contributed by atoms with E-state index in [1.54, 1.807) is 6.20 Å². The zero-order chi connectivity index (χ0) is 21.6. The molecular formula is C25H28N4O2. The van der Waals surface area contributed by atoms with E-state index in [0.717, 1.165) is 26.2 Å². The summed E-state index contributed by atoms with van der Waals surface area (Å²) >= 11 is 0. The molecule has 1 saturated heterocycles. The van der Waals surface area contributed by atoms with Crippen molar-refractivity contribution in [3.8, 4) is 11.6 Å². The molecule has 6 heteroatoms. The fourth-order valence-electron chi connectivity index (χ4n) is 3.78. The first-order valence-electron chi connectivity index (χ1n) is 10.7. The zero-order valence-electron chi connectivity index (χ0n) is 18.0. The second-order valence-corrected chi connectivity index (χ2v) is 7.92. The van der Waals surface area contributed by atoms with E-state index in [0.29, 0.717) is 28.9 Å². The maximum Gasteiger partial charge on any atom is 0.230 e. The predicted molar refractivity (Wildman–Crippen MR) is 123 cm³/mol. The van der Waals surface area contributed by atoms with Gasteiger partial charge >= 0.3 is 0 Å². The summed E-state index contributed by atoms with van der Waals surface area (Å²) in [5.41, 5.74) is 3.13. The maximum atomic E-state index is 9.85. The van der Waals surface area contributed by atoms with Crippen LogP contribution in [0.2, 0.25) is 0 Å². The molecule has 31 heavy (non-hydrogen) atoms. The van der Waals surface area contributed by atoms with Crippen LogP contribution in [0.5, 0.6) is 11.6 Å². The Balaban J connectivity index is 1.49. The number of aromatic nitrogens is 1. The average molecular weight is 417 g/mol. The van der Waals surface area contributed by atoms with E-state index < -0.39 is 0 Å². The van der Waals surface area contributed by atoms with Crippen molar-refractivity contribution in [2.75, 3.05) is 31.1 Å². The molecule has 0 spiro atoms. The highest BCUT2D eigenvalue weighted by Crippen LogP contribution is 2.27. The number of rotatable bonds is 5. The molecule has 1 aliphatic rings. The molecule has 1 N–H and O–H groups in total. The van der Waals surface area contributed by atoms with Crippen molar-refractivity contribution in [1.29, 1.82) is 0 Å². The monoisotopic (exact) mass is 416 g/mol. The molecule has 1 aromatic heterocycles. The zero-order valence-corrected chi connectivity index (χ0v) is 18.0. The quantitative estimate of drug-likeness (QED) is 0.276. The molecule has 3 aromatic rings. The smallest absolute Gasteiger partial charge is 0.230 e. The molecule has 2 aromatic carbocycles. The number of nitrogens with zero attached hydrogens (tertiary/aromatic N) is 4. The number of benzene rings is 2. The summed E-state index contributed by atoms with van der Waals surface area (Å²) in [5, 5.41) is 13.5. The van der Waals surface area contributed by atoms with Crippen LogP contribution in [0.15, 0.2) is 78.1 Å². The van der Waals surface area contributed by atoms with Crippen LogP contribution in [-0.4, -0.2) is 47.1 Å². The van der Waals surface area contributed by atoms with Crippen LogP contribution in [0.25, 0.3) is 0 Å². The van der Waals surface area contributed by atoms with Crippen molar-refractivity contribution < 1.29 is 9.94 Å². The van der Waals surface area contributed by atoms with Crippen LogP contribution >= 0.6 is 0 Å². The fraction of sp³-hybridized carbons (Fsp3) is 0.280. The Hall–Kier alpha value is -3.54. The van der Waals surface area contributed by atoms with Gasteiger partial charge in [-0.3, -0.25) is 0 Å². The van der Waals surface area contributed by atoms with Crippen LogP contribution < -0.4 is 9.64 Å². The van der Waals surface area contributed by atoms with Gasteiger partial charge in [0.05, 0.1) is 5.56 Å². The van der Waals surface area contributed by atoms with Crippen LogP contribution in [-0.2, 0) is 0 Å². The second-order valence-electron chi connectivity index (χ2n) is 7.92. The van der Waals surface area contributed by atoms with Gasteiger partial charge < -0.3 is 19.7 Å². The van der Waals surface area contributed by atoms with E-state index in [4.69, 9.17) is 4.74 Å². The molecule has 0 amide bonds. The normalized spacial score (nSPS) is 14.7. The van der Waals surface area contributed by atoms with E-state index in [2.05, 4.69) is 70.2 Å². The topological polar surface area (TPSA) is 61.2 Å². The fourth-order valence-corrected chi connectivity index (χ4v) is 3.78. The summed E-state index contributed by atoms with van der Waals surface area (Å²) in [6.45, 7) is 7.49. The van der Waals surface area contributed by atoms with E-state index in [1.807, 2.05) is 30.3 Å². The molecule has 0 atom stereocenters. The van der Waals surface area contributed by atoms with E-state index >= 15 is 0 Å². The lowest BCUT2D eigenvalue weighted by Gasteiger charge is -2.37. The number of para-hydroxylation sites is 1. The molecule has 160 valence electrons. The average Bonchev–Trinajstić information content (AvgIpc) is 2.82. The minimum atomic E-state index is 0.429. The van der Waals surface area contributed by atoms with Crippen molar-refractivity contribution in [3.63, 3.8) is 0 Å². The van der Waals surface area contributed by atoms with Crippen LogP contribution in [0, 0.1) is 0 Å². The third-order valence-electron chi connectivity index (χ3n) is 5.57. The minimum absolute atomic E-state index is 0.429. The van der Waals surface area contributed by atoms with Gasteiger partial charge in [0.1, 0.15) is 5.75 Å². The van der Waals surface area contributed by atoms with Gasteiger partial charge in [-0.05, 0) is 47.9 Å². The van der Waals surface area contributed by atoms with Crippen LogP contribution in [0.3, 0.4) is 0 Å². The molecule has 4 rings (SSSR count). The van der Waals surface area contributed by atoms with Crippen molar-refractivity contribution in [3.05, 3.63) is 84.1 Å². The number of ether oxygens (including phenoxy) is 1. The molecule has 0 radical (unpaired) electrons. The molecule has 0 unspecified atom stereocenters. The van der Waals surface area contributed by atoms with Gasteiger partial charge in [0.25, 0.3) is 0 Å². The van der Waals surface area contributed by atoms with E-state index in [-0.39, 0.29) is 0 Å². The Labute approximate surface area is 183 Å². The van der Waals surface area contributed by atoms with Gasteiger partial charge in [0.15, 0.2) is 5.84 Å². The van der Waals surface area contributed by atoms with Gasteiger partial charge in [0, 0.05) is 38.1 Å². The number of hydrogen-bond acceptors (Lipinski definition) is 5. The van der Waals surface area contributed by atoms with E-state index in [9.17, 15) is 5.21 Å². The first kappa shape index (κ1) is 20.7. The largest absolute Gasteiger partial charge is 0.438 e. The van der Waals surface area contributed by atoms with Gasteiger partial charge in [-0.15, -0.1) is 0 Å². The highest BCUT2D eigenvalue weighted by molar-refractivity contribution is 6.00. The lowest BCUT2D eigenvalue weighted by atomic mass is 10.0. The standard InChI is InChI=1S/C25H28N4O2/c1-19(2)20-10-12-22(13-11-20)31-25-23(9-6-14-26-25)24(27-30)29-17-15-28(16-18-29)21-7-4-3-5-8-21/h3-14,19,30H,15-18H2,1-2H3/b27-24-. The summed E-state index contributed by atoms with van der Waals surface area (Å²) in [6, 6.07) is 22.1. The highest BCUT2D eigenvalue weighted by Gasteiger charge is 2.24. The minimum Gasteiger partial charge on any atom is -0.438 e. The van der Waals surface area contributed by atoms with Gasteiger partial charge in [-0.2, -0.15) is 0 Å². The van der Waals surface area contributed by atoms with Crippen molar-refractivity contribution in [2.45, 2.75) is 19.8 Å². The summed E-state index contributed by atoms with van der Waals surface area (Å²) in [6.07, 6.45) is 1.68. The predicted octanol–water partition coefficient (Wildman–Crippen LogP) is 4.96. The number of pyridine rings is 1. The number of piperazine rings is 1. The summed E-state index contributed by atoms with van der Waals surface area (Å²) in [7, 11) is 0. The lowest BCUT2D eigenvalue weighted by molar-refractivity contribution is 0.295. The Morgan fingerprint density at radius 2 is 1.65 bits per heavy atom. The number of anilines is 1. The van der Waals surface area contributed by atoms with Crippen molar-refractivity contribution >= 4 is 11.5 Å². The highest BCUT2D eigenvalue weighted by atomic mass is 16.5. The first-order valence-corrected chi connectivity index (χ1v) is 10.7. The molecular weight excluding hydrogens is 388 g/mol. The molecule has 0 bridgehead atoms. The number of amidine groups is 1. The molecule has 0 aliphatic carbocycles. The molecule has 0 saturated carbocycles. The van der Waals surface area contributed by atoms with Gasteiger partial charge in [-0.1, -0.05) is 49.3 Å². The van der Waals surface area contributed by atoms with Crippen LogP contribution in [0.4, 0.5) is 5.69 Å². The third-order valence-corrected chi connectivity index (χ3v) is 5.57. The molecule has 6 nitrogen and oxygen atoms in total. The molecule has 1 fully saturated rings. The number of oxime groups is 1. The lowest BCUT2D eigenvalue weighted by Crippen LogP contribution is -2.49. The summed E-state index contributed by atoms with van der Waals surface area (Å²) in [4.78, 5) is 8.82. The van der Waals surface area contributed by atoms with Gasteiger partial charge in [0.2, 0.25) is 5.88 Å². The Bertz CT molecular complexity index is 1010. The van der Waals surface area contributed by atoms with E-state index in [1.165, 1.54) is 11.3 Å². The number of hydrogen-bond donors (Lipinski definition) is 1.